The van der Waals surface area contributed by atoms with Crippen LogP contribution in [0.5, 0.6) is 0 Å². The molecule has 1 aliphatic heterocycles. The molecule has 1 amide bonds. The van der Waals surface area contributed by atoms with Crippen LogP contribution >= 0.6 is 11.8 Å². The average molecular weight is 760 g/mol. The number of ether oxygens (including phenoxy) is 3. The van der Waals surface area contributed by atoms with Crippen LogP contribution in [0.1, 0.15) is 136 Å². The minimum absolute atomic E-state index is 0.00131. The number of aliphatic hydroxyl groups is 4. The first kappa shape index (κ1) is 45.8. The van der Waals surface area contributed by atoms with E-state index in [0.717, 1.165) is 49.6 Å². The number of thioether (sulfide) groups is 1. The molecule has 1 aromatic rings. The summed E-state index contributed by atoms with van der Waals surface area (Å²) in [6.45, 7) is 3.71. The molecule has 0 spiro atoms. The van der Waals surface area contributed by atoms with Gasteiger partial charge in [-0.1, -0.05) is 109 Å². The van der Waals surface area contributed by atoms with Crippen molar-refractivity contribution >= 4 is 35.4 Å². The number of unbranched alkanes of at least 4 members (excludes halogenated alkanes) is 14. The Bertz CT molecular complexity index is 1130. The molecule has 0 radical (unpaired) electrons. The predicted octanol–water partition coefficient (Wildman–Crippen LogP) is 3.77. The lowest BCUT2D eigenvalue weighted by Gasteiger charge is -2.39. The second-order valence-electron chi connectivity index (χ2n) is 13.7. The Morgan fingerprint density at radius 3 is 1.98 bits per heavy atom. The monoisotopic (exact) mass is 759 g/mol. The number of aromatic nitrogens is 3. The van der Waals surface area contributed by atoms with Crippen LogP contribution in [0.3, 0.4) is 0 Å². The van der Waals surface area contributed by atoms with E-state index in [0.29, 0.717) is 6.42 Å². The Morgan fingerprint density at radius 2 is 1.40 bits per heavy atom. The number of rotatable bonds is 29. The topological polar surface area (TPSA) is 229 Å². The zero-order valence-corrected chi connectivity index (χ0v) is 32.1. The molecule has 1 saturated heterocycles. The van der Waals surface area contributed by atoms with Crippen LogP contribution in [0.25, 0.3) is 0 Å². The molecule has 0 aliphatic carbocycles. The standard InChI is InChI=1S/C36H65N5O10S/c1-3-5-7-9-11-13-15-17-19-30(43)49-23-26(50-31(44)20-18-16-14-12-10-8-6-4-2)24-52-25-27(37)35(48)38-29-21-41(40-39-29)36-34(47)33(46)32(45)28(22-42)51-36/h21,26-28,32-34,36,42,45-47H,3-20,22-25,37H2,1-2H3,(H,38,48)/t26-,27-,28?,32?,33?,34?,36+/m1/s1. The lowest BCUT2D eigenvalue weighted by Crippen LogP contribution is -2.56. The van der Waals surface area contributed by atoms with E-state index < -0.39 is 55.3 Å². The Kier molecular flexibility index (Phi) is 24.0. The summed E-state index contributed by atoms with van der Waals surface area (Å²) in [6, 6.07) is -0.986. The molecule has 0 saturated carbocycles. The third kappa shape index (κ3) is 18.1. The second-order valence-corrected chi connectivity index (χ2v) is 14.8. The van der Waals surface area contributed by atoms with Crippen molar-refractivity contribution in [1.29, 1.82) is 0 Å². The highest BCUT2D eigenvalue weighted by Crippen LogP contribution is 2.28. The minimum atomic E-state index is -1.60. The third-order valence-corrected chi connectivity index (χ3v) is 10.2. The van der Waals surface area contributed by atoms with Gasteiger partial charge in [-0.25, -0.2) is 4.68 Å². The molecule has 4 unspecified atom stereocenters. The fourth-order valence-corrected chi connectivity index (χ4v) is 6.77. The molecule has 1 aromatic heterocycles. The van der Waals surface area contributed by atoms with Gasteiger partial charge in [-0.15, -0.1) is 5.10 Å². The number of nitrogens with one attached hydrogen (secondary N) is 1. The summed E-state index contributed by atoms with van der Waals surface area (Å²) in [5.74, 6) is -0.826. The zero-order chi connectivity index (χ0) is 38.1. The molecule has 2 rings (SSSR count). The van der Waals surface area contributed by atoms with Gasteiger partial charge in [0, 0.05) is 24.3 Å². The summed E-state index contributed by atoms with van der Waals surface area (Å²) in [5.41, 5.74) is 6.13. The van der Waals surface area contributed by atoms with E-state index in [4.69, 9.17) is 19.9 Å². The maximum absolute atomic E-state index is 12.8. The van der Waals surface area contributed by atoms with E-state index >= 15 is 0 Å². The summed E-state index contributed by atoms with van der Waals surface area (Å²) < 4.78 is 17.7. The lowest BCUT2D eigenvalue weighted by molar-refractivity contribution is -0.254. The van der Waals surface area contributed by atoms with Gasteiger partial charge in [-0.2, -0.15) is 11.8 Å². The van der Waals surface area contributed by atoms with Crippen LogP contribution in [0.2, 0.25) is 0 Å². The maximum atomic E-state index is 12.8. The number of aliphatic hydroxyl groups excluding tert-OH is 4. The first-order valence-electron chi connectivity index (χ1n) is 19.3. The third-order valence-electron chi connectivity index (χ3n) is 9.02. The van der Waals surface area contributed by atoms with Crippen LogP contribution in [-0.2, 0) is 28.6 Å². The van der Waals surface area contributed by atoms with Gasteiger partial charge in [0.15, 0.2) is 12.0 Å². The van der Waals surface area contributed by atoms with E-state index in [1.54, 1.807) is 0 Å². The average Bonchev–Trinajstić information content (AvgIpc) is 3.59. The number of nitrogens with two attached hydrogens (primary N) is 1. The van der Waals surface area contributed by atoms with Crippen molar-refractivity contribution in [2.24, 2.45) is 5.73 Å². The molecule has 16 heteroatoms. The second kappa shape index (κ2) is 27.3. The SMILES string of the molecule is CCCCCCCCCCC(=O)OC[C@H](CSC[C@@H](N)C(=O)Nc1cn([C@H]2OC(CO)C(O)C(O)C2O)nn1)OC(=O)CCCCCCCCCC. The van der Waals surface area contributed by atoms with E-state index in [2.05, 4.69) is 29.5 Å². The van der Waals surface area contributed by atoms with Crippen molar-refractivity contribution in [2.45, 2.75) is 172 Å². The number of hydrogen-bond acceptors (Lipinski definition) is 14. The molecule has 52 heavy (non-hydrogen) atoms. The molecule has 15 nitrogen and oxygen atoms in total. The van der Waals surface area contributed by atoms with Crippen molar-refractivity contribution in [3.05, 3.63) is 6.20 Å². The number of carbonyl (C=O) groups excluding carboxylic acids is 3. The summed E-state index contributed by atoms with van der Waals surface area (Å²) in [4.78, 5) is 38.0. The summed E-state index contributed by atoms with van der Waals surface area (Å²) in [6.07, 6.45) is 11.8. The van der Waals surface area contributed by atoms with Crippen molar-refractivity contribution in [3.8, 4) is 0 Å². The molecule has 1 aliphatic rings. The zero-order valence-electron chi connectivity index (χ0n) is 31.2. The van der Waals surface area contributed by atoms with Gasteiger partial charge in [0.2, 0.25) is 5.91 Å². The lowest BCUT2D eigenvalue weighted by atomic mass is 9.98. The smallest absolute Gasteiger partial charge is 0.306 e. The fourth-order valence-electron chi connectivity index (χ4n) is 5.81. The van der Waals surface area contributed by atoms with Crippen LogP contribution < -0.4 is 11.1 Å². The minimum Gasteiger partial charge on any atom is -0.462 e. The molecule has 2 heterocycles. The van der Waals surface area contributed by atoms with Crippen LogP contribution in [0, 0.1) is 0 Å². The molecular weight excluding hydrogens is 694 g/mol. The molecule has 7 atom stereocenters. The van der Waals surface area contributed by atoms with Gasteiger partial charge >= 0.3 is 11.9 Å². The van der Waals surface area contributed by atoms with E-state index in [9.17, 15) is 34.8 Å². The number of carbonyl (C=O) groups is 3. The van der Waals surface area contributed by atoms with Crippen molar-refractivity contribution in [3.63, 3.8) is 0 Å². The number of anilines is 1. The largest absolute Gasteiger partial charge is 0.462 e. The summed E-state index contributed by atoms with van der Waals surface area (Å²) in [7, 11) is 0. The van der Waals surface area contributed by atoms with Crippen LogP contribution in [0.4, 0.5) is 5.82 Å². The van der Waals surface area contributed by atoms with Crippen molar-refractivity contribution < 1.29 is 49.0 Å². The van der Waals surface area contributed by atoms with Crippen LogP contribution in [-0.4, -0.2) is 115 Å². The maximum Gasteiger partial charge on any atom is 0.306 e. The van der Waals surface area contributed by atoms with Gasteiger partial charge < -0.3 is 45.7 Å². The Labute approximate surface area is 313 Å². The fraction of sp³-hybridized carbons (Fsp3) is 0.861. The quantitative estimate of drug-likeness (QED) is 0.0505. The van der Waals surface area contributed by atoms with Crippen molar-refractivity contribution in [1.82, 2.24) is 15.0 Å². The highest BCUT2D eigenvalue weighted by atomic mass is 32.2. The molecule has 0 bridgehead atoms. The molecule has 0 aromatic carbocycles. The van der Waals surface area contributed by atoms with Gasteiger partial charge in [0.05, 0.1) is 18.8 Å². The summed E-state index contributed by atoms with van der Waals surface area (Å²) >= 11 is 1.28. The van der Waals surface area contributed by atoms with Gasteiger partial charge in [0.1, 0.15) is 37.1 Å². The van der Waals surface area contributed by atoms with E-state index in [1.807, 2.05) is 0 Å². The molecule has 1 fully saturated rings. The van der Waals surface area contributed by atoms with Gasteiger partial charge in [-0.3, -0.25) is 14.4 Å². The Balaban J connectivity index is 1.82. The number of hydrogen-bond donors (Lipinski definition) is 6. The molecular formula is C36H65N5O10S. The normalized spacial score (nSPS) is 21.4. The van der Waals surface area contributed by atoms with E-state index in [-0.39, 0.29) is 42.3 Å². The van der Waals surface area contributed by atoms with E-state index in [1.165, 1.54) is 75.7 Å². The van der Waals surface area contributed by atoms with Crippen molar-refractivity contribution in [2.75, 3.05) is 30.0 Å². The first-order chi connectivity index (χ1) is 25.1. The predicted molar refractivity (Wildman–Crippen MR) is 198 cm³/mol. The number of nitrogens with zero attached hydrogens (tertiary/aromatic N) is 3. The number of amides is 1. The molecule has 7 N–H and O–H groups in total. The van der Waals surface area contributed by atoms with Gasteiger partial charge in [-0.05, 0) is 12.8 Å². The first-order valence-corrected chi connectivity index (χ1v) is 20.5. The highest BCUT2D eigenvalue weighted by Gasteiger charge is 2.44. The van der Waals surface area contributed by atoms with Crippen LogP contribution in [0.15, 0.2) is 6.20 Å². The summed E-state index contributed by atoms with van der Waals surface area (Å²) in [5, 5.41) is 50.0. The highest BCUT2D eigenvalue weighted by molar-refractivity contribution is 7.99. The van der Waals surface area contributed by atoms with Gasteiger partial charge in [0.25, 0.3) is 0 Å². The Morgan fingerprint density at radius 1 is 0.846 bits per heavy atom. The Hall–Kier alpha value is -2.34. The molecule has 300 valence electrons. The number of esters is 2.